The second-order valence-corrected chi connectivity index (χ2v) is 4.56. The first kappa shape index (κ1) is 16.8. The number of methoxy groups -OCH3 is 1. The molecule has 0 amide bonds. The third-order valence-corrected chi connectivity index (χ3v) is 2.59. The van der Waals surface area contributed by atoms with Crippen LogP contribution in [0.15, 0.2) is 6.07 Å². The number of hydrogen-bond donors (Lipinski definition) is 0. The minimum absolute atomic E-state index is 0.120. The van der Waals surface area contributed by atoms with Crippen LogP contribution >= 0.6 is 22.6 Å². The third kappa shape index (κ3) is 5.02. The Labute approximate surface area is 126 Å². The largest absolute Gasteiger partial charge is 0.573 e. The predicted octanol–water partition coefficient (Wildman–Crippen LogP) is 2.70. The van der Waals surface area contributed by atoms with Gasteiger partial charge in [0.1, 0.15) is 3.70 Å². The van der Waals surface area contributed by atoms with E-state index in [0.717, 1.165) is 0 Å². The highest BCUT2D eigenvalue weighted by Crippen LogP contribution is 2.36. The number of carbonyl (C=O) groups excluding carboxylic acids is 1. The standard InChI is InChI=1S/C11H11F3INO4/c1-3-19-9(17)4-6-10(20-11(12,13)14)7(18-2)5-8(15)16-6/h5H,3-4H2,1-2H3. The summed E-state index contributed by atoms with van der Waals surface area (Å²) in [5.41, 5.74) is -0.190. The lowest BCUT2D eigenvalue weighted by molar-refractivity contribution is -0.275. The Kier molecular flexibility index (Phi) is 5.84. The molecule has 0 spiro atoms. The highest BCUT2D eigenvalue weighted by atomic mass is 127. The van der Waals surface area contributed by atoms with Crippen LogP contribution in [-0.2, 0) is 16.0 Å². The Bertz CT molecular complexity index is 493. The Hall–Kier alpha value is -1.26. The molecule has 0 aromatic carbocycles. The van der Waals surface area contributed by atoms with E-state index in [1.54, 1.807) is 29.5 Å². The van der Waals surface area contributed by atoms with E-state index in [0.29, 0.717) is 3.70 Å². The number of aromatic nitrogens is 1. The summed E-state index contributed by atoms with van der Waals surface area (Å²) >= 11 is 1.80. The summed E-state index contributed by atoms with van der Waals surface area (Å²) in [5.74, 6) is -1.48. The minimum Gasteiger partial charge on any atom is -0.493 e. The van der Waals surface area contributed by atoms with E-state index in [1.807, 2.05) is 0 Å². The van der Waals surface area contributed by atoms with E-state index in [2.05, 4.69) is 14.5 Å². The zero-order chi connectivity index (χ0) is 15.3. The second-order valence-electron chi connectivity index (χ2n) is 3.45. The lowest BCUT2D eigenvalue weighted by Gasteiger charge is -2.15. The van der Waals surface area contributed by atoms with Crippen molar-refractivity contribution in [3.8, 4) is 11.5 Å². The SMILES string of the molecule is CCOC(=O)Cc1nc(I)cc(OC)c1OC(F)(F)F. The Balaban J connectivity index is 3.18. The predicted molar refractivity (Wildman–Crippen MR) is 70.5 cm³/mol. The molecule has 0 saturated carbocycles. The second kappa shape index (κ2) is 6.95. The van der Waals surface area contributed by atoms with Gasteiger partial charge in [-0.2, -0.15) is 0 Å². The van der Waals surface area contributed by atoms with E-state index >= 15 is 0 Å². The van der Waals surface area contributed by atoms with Crippen LogP contribution in [0.3, 0.4) is 0 Å². The molecule has 20 heavy (non-hydrogen) atoms. The number of hydrogen-bond acceptors (Lipinski definition) is 5. The topological polar surface area (TPSA) is 57.7 Å². The molecule has 0 N–H and O–H groups in total. The van der Waals surface area contributed by atoms with Crippen LogP contribution in [0, 0.1) is 3.70 Å². The fraction of sp³-hybridized carbons (Fsp3) is 0.455. The van der Waals surface area contributed by atoms with Gasteiger partial charge in [0.25, 0.3) is 0 Å². The zero-order valence-electron chi connectivity index (χ0n) is 10.6. The first-order valence-corrected chi connectivity index (χ1v) is 6.49. The Morgan fingerprint density at radius 1 is 1.45 bits per heavy atom. The van der Waals surface area contributed by atoms with Gasteiger partial charge in [0.05, 0.1) is 25.8 Å². The number of alkyl halides is 3. The quantitative estimate of drug-likeness (QED) is 0.429. The van der Waals surface area contributed by atoms with E-state index in [-0.39, 0.29) is 18.1 Å². The van der Waals surface area contributed by atoms with Crippen molar-refractivity contribution in [2.24, 2.45) is 0 Å². The summed E-state index contributed by atoms with van der Waals surface area (Å²) < 4.78 is 51.0. The molecule has 0 bridgehead atoms. The van der Waals surface area contributed by atoms with Crippen LogP contribution in [-0.4, -0.2) is 31.0 Å². The Morgan fingerprint density at radius 2 is 2.10 bits per heavy atom. The van der Waals surface area contributed by atoms with Crippen LogP contribution in [0.2, 0.25) is 0 Å². The van der Waals surface area contributed by atoms with Crippen molar-refractivity contribution in [2.75, 3.05) is 13.7 Å². The van der Waals surface area contributed by atoms with Crippen molar-refractivity contribution in [1.29, 1.82) is 0 Å². The molecule has 0 atom stereocenters. The number of esters is 1. The van der Waals surface area contributed by atoms with Gasteiger partial charge >= 0.3 is 12.3 Å². The summed E-state index contributed by atoms with van der Waals surface area (Å²) in [5, 5.41) is 0. The van der Waals surface area contributed by atoms with Gasteiger partial charge < -0.3 is 14.2 Å². The molecule has 0 aliphatic heterocycles. The van der Waals surface area contributed by atoms with Gasteiger partial charge in [0.2, 0.25) is 0 Å². The van der Waals surface area contributed by atoms with E-state index < -0.39 is 24.5 Å². The molecule has 0 saturated heterocycles. The molecule has 9 heteroatoms. The average molecular weight is 405 g/mol. The summed E-state index contributed by atoms with van der Waals surface area (Å²) in [6.45, 7) is 1.71. The summed E-state index contributed by atoms with van der Waals surface area (Å²) in [6, 6.07) is 1.27. The number of carbonyl (C=O) groups is 1. The van der Waals surface area contributed by atoms with E-state index in [1.165, 1.54) is 13.2 Å². The average Bonchev–Trinajstić information content (AvgIpc) is 2.31. The van der Waals surface area contributed by atoms with Crippen molar-refractivity contribution in [3.63, 3.8) is 0 Å². The zero-order valence-corrected chi connectivity index (χ0v) is 12.7. The first-order chi connectivity index (χ1) is 9.26. The number of halogens is 4. The van der Waals surface area contributed by atoms with Crippen LogP contribution in [0.5, 0.6) is 11.5 Å². The maximum Gasteiger partial charge on any atom is 0.573 e. The van der Waals surface area contributed by atoms with E-state index in [4.69, 9.17) is 4.74 Å². The molecule has 0 fully saturated rings. The number of rotatable bonds is 5. The van der Waals surface area contributed by atoms with Crippen LogP contribution in [0.25, 0.3) is 0 Å². The first-order valence-electron chi connectivity index (χ1n) is 5.41. The maximum absolute atomic E-state index is 12.4. The molecule has 1 aromatic heterocycles. The van der Waals surface area contributed by atoms with Gasteiger partial charge in [-0.3, -0.25) is 4.79 Å². The minimum atomic E-state index is -4.91. The lowest BCUT2D eigenvalue weighted by atomic mass is 10.2. The molecular formula is C11H11F3INO4. The lowest BCUT2D eigenvalue weighted by Crippen LogP contribution is -2.20. The van der Waals surface area contributed by atoms with Crippen molar-refractivity contribution in [2.45, 2.75) is 19.7 Å². The van der Waals surface area contributed by atoms with Crippen molar-refractivity contribution in [3.05, 3.63) is 15.5 Å². The van der Waals surface area contributed by atoms with Crippen molar-refractivity contribution < 1.29 is 32.2 Å². The maximum atomic E-state index is 12.4. The van der Waals surface area contributed by atoms with Gasteiger partial charge in [0.15, 0.2) is 11.5 Å². The highest BCUT2D eigenvalue weighted by Gasteiger charge is 2.34. The highest BCUT2D eigenvalue weighted by molar-refractivity contribution is 14.1. The van der Waals surface area contributed by atoms with E-state index in [9.17, 15) is 18.0 Å². The Morgan fingerprint density at radius 3 is 2.60 bits per heavy atom. The molecular weight excluding hydrogens is 394 g/mol. The normalized spacial score (nSPS) is 11.1. The third-order valence-electron chi connectivity index (χ3n) is 2.03. The molecule has 1 aromatic rings. The molecule has 1 heterocycles. The molecule has 112 valence electrons. The molecule has 0 aliphatic rings. The van der Waals surface area contributed by atoms with Crippen LogP contribution in [0.1, 0.15) is 12.6 Å². The molecule has 0 aliphatic carbocycles. The smallest absolute Gasteiger partial charge is 0.493 e. The molecule has 5 nitrogen and oxygen atoms in total. The molecule has 0 unspecified atom stereocenters. The van der Waals surface area contributed by atoms with Crippen molar-refractivity contribution >= 4 is 28.6 Å². The number of nitrogens with zero attached hydrogens (tertiary/aromatic N) is 1. The van der Waals surface area contributed by atoms with Gasteiger partial charge in [-0.1, -0.05) is 0 Å². The van der Waals surface area contributed by atoms with Crippen LogP contribution in [0.4, 0.5) is 13.2 Å². The molecule has 1 rings (SSSR count). The summed E-state index contributed by atoms with van der Waals surface area (Å²) in [6.07, 6.45) is -5.35. The van der Waals surface area contributed by atoms with Gasteiger partial charge in [-0.05, 0) is 29.5 Å². The van der Waals surface area contributed by atoms with Crippen molar-refractivity contribution in [1.82, 2.24) is 4.98 Å². The number of pyridine rings is 1. The van der Waals surface area contributed by atoms with Crippen LogP contribution < -0.4 is 9.47 Å². The summed E-state index contributed by atoms with van der Waals surface area (Å²) in [4.78, 5) is 15.3. The van der Waals surface area contributed by atoms with Gasteiger partial charge in [0, 0.05) is 6.07 Å². The summed E-state index contributed by atoms with van der Waals surface area (Å²) in [7, 11) is 1.20. The fourth-order valence-corrected chi connectivity index (χ4v) is 1.95. The fourth-order valence-electron chi connectivity index (χ4n) is 1.37. The van der Waals surface area contributed by atoms with Gasteiger partial charge in [-0.15, -0.1) is 13.2 Å². The van der Waals surface area contributed by atoms with Gasteiger partial charge in [-0.25, -0.2) is 4.98 Å². The number of ether oxygens (including phenoxy) is 3. The monoisotopic (exact) mass is 405 g/mol. The molecule has 0 radical (unpaired) electrons.